The van der Waals surface area contributed by atoms with E-state index in [1.54, 1.807) is 24.3 Å². The van der Waals surface area contributed by atoms with Crippen molar-refractivity contribution in [3.8, 4) is 5.75 Å². The Morgan fingerprint density at radius 3 is 2.53 bits per heavy atom. The molecule has 0 atom stereocenters. The molecule has 2 N–H and O–H groups in total. The first-order valence-corrected chi connectivity index (χ1v) is 6.33. The first-order chi connectivity index (χ1) is 9.13. The zero-order valence-corrected chi connectivity index (χ0v) is 10.6. The minimum atomic E-state index is -0.867. The predicted molar refractivity (Wildman–Crippen MR) is 69.0 cm³/mol. The Bertz CT molecular complexity index is 451. The van der Waals surface area contributed by atoms with E-state index in [1.807, 2.05) is 0 Å². The molecule has 0 heterocycles. The quantitative estimate of drug-likeness (QED) is 0.775. The van der Waals surface area contributed by atoms with Gasteiger partial charge in [0.05, 0.1) is 6.42 Å². The second-order valence-corrected chi connectivity index (χ2v) is 4.75. The van der Waals surface area contributed by atoms with Gasteiger partial charge in [-0.1, -0.05) is 12.1 Å². The van der Waals surface area contributed by atoms with Crippen molar-refractivity contribution in [2.24, 2.45) is 5.92 Å². The number of carbonyl (C=O) groups excluding carboxylic acids is 1. The summed E-state index contributed by atoms with van der Waals surface area (Å²) in [6, 6.07) is 6.72. The molecule has 5 heteroatoms. The lowest BCUT2D eigenvalue weighted by molar-refractivity contribution is -0.136. The third-order valence-electron chi connectivity index (χ3n) is 2.93. The van der Waals surface area contributed by atoms with Gasteiger partial charge < -0.3 is 15.2 Å². The van der Waals surface area contributed by atoms with Crippen LogP contribution in [0, 0.1) is 5.92 Å². The number of carbonyl (C=O) groups is 2. The highest BCUT2D eigenvalue weighted by atomic mass is 16.5. The molecule has 1 saturated carbocycles. The molecular formula is C14H17NO4. The highest BCUT2D eigenvalue weighted by Gasteiger charge is 2.21. The number of rotatable bonds is 7. The Morgan fingerprint density at radius 1 is 1.26 bits per heavy atom. The van der Waals surface area contributed by atoms with E-state index in [4.69, 9.17) is 9.84 Å². The summed E-state index contributed by atoms with van der Waals surface area (Å²) in [6.07, 6.45) is 2.39. The van der Waals surface area contributed by atoms with Gasteiger partial charge in [-0.2, -0.15) is 0 Å². The fourth-order valence-corrected chi connectivity index (χ4v) is 1.66. The smallest absolute Gasteiger partial charge is 0.307 e. The summed E-state index contributed by atoms with van der Waals surface area (Å²) in [7, 11) is 0. The average Bonchev–Trinajstić information content (AvgIpc) is 3.19. The molecule has 1 aliphatic rings. The van der Waals surface area contributed by atoms with E-state index in [2.05, 4.69) is 5.32 Å². The molecule has 0 spiro atoms. The molecule has 2 rings (SSSR count). The van der Waals surface area contributed by atoms with Crippen molar-refractivity contribution in [3.05, 3.63) is 29.8 Å². The number of carboxylic acids is 1. The van der Waals surface area contributed by atoms with Crippen LogP contribution in [0.2, 0.25) is 0 Å². The third-order valence-corrected chi connectivity index (χ3v) is 2.93. The van der Waals surface area contributed by atoms with Gasteiger partial charge in [0.15, 0.2) is 6.61 Å². The van der Waals surface area contributed by atoms with E-state index in [-0.39, 0.29) is 18.9 Å². The van der Waals surface area contributed by atoms with Crippen LogP contribution in [0.4, 0.5) is 0 Å². The molecular weight excluding hydrogens is 246 g/mol. The zero-order valence-electron chi connectivity index (χ0n) is 10.6. The predicted octanol–water partition coefficient (Wildman–Crippen LogP) is 1.22. The summed E-state index contributed by atoms with van der Waals surface area (Å²) in [5.41, 5.74) is 0.707. The lowest BCUT2D eigenvalue weighted by atomic mass is 10.1. The Hall–Kier alpha value is -2.04. The monoisotopic (exact) mass is 263 g/mol. The van der Waals surface area contributed by atoms with Crippen LogP contribution in [0.15, 0.2) is 24.3 Å². The Balaban J connectivity index is 1.72. The van der Waals surface area contributed by atoms with Crippen LogP contribution in [0.1, 0.15) is 18.4 Å². The molecule has 1 fully saturated rings. The highest BCUT2D eigenvalue weighted by molar-refractivity contribution is 5.77. The lowest BCUT2D eigenvalue weighted by Crippen LogP contribution is -2.30. The van der Waals surface area contributed by atoms with Gasteiger partial charge in [-0.05, 0) is 36.5 Å². The molecule has 19 heavy (non-hydrogen) atoms. The Labute approximate surface area is 111 Å². The summed E-state index contributed by atoms with van der Waals surface area (Å²) in [4.78, 5) is 22.0. The van der Waals surface area contributed by atoms with Crippen LogP contribution < -0.4 is 10.1 Å². The van der Waals surface area contributed by atoms with E-state index in [0.29, 0.717) is 17.2 Å². The zero-order chi connectivity index (χ0) is 13.7. The van der Waals surface area contributed by atoms with E-state index in [1.165, 1.54) is 12.8 Å². The van der Waals surface area contributed by atoms with Gasteiger partial charge in [-0.25, -0.2) is 0 Å². The first-order valence-electron chi connectivity index (χ1n) is 6.33. The molecule has 1 aromatic rings. The summed E-state index contributed by atoms with van der Waals surface area (Å²) in [6.45, 7) is 0.727. The maximum Gasteiger partial charge on any atom is 0.307 e. The van der Waals surface area contributed by atoms with Crippen LogP contribution in [0.5, 0.6) is 5.75 Å². The van der Waals surface area contributed by atoms with Crippen molar-refractivity contribution in [2.45, 2.75) is 19.3 Å². The second-order valence-electron chi connectivity index (χ2n) is 4.75. The van der Waals surface area contributed by atoms with E-state index >= 15 is 0 Å². The van der Waals surface area contributed by atoms with Crippen molar-refractivity contribution < 1.29 is 19.4 Å². The molecule has 1 aromatic carbocycles. The van der Waals surface area contributed by atoms with Gasteiger partial charge in [0, 0.05) is 6.54 Å². The fourth-order valence-electron chi connectivity index (χ4n) is 1.66. The van der Waals surface area contributed by atoms with Gasteiger partial charge in [0.25, 0.3) is 5.91 Å². The molecule has 0 aromatic heterocycles. The van der Waals surface area contributed by atoms with Crippen molar-refractivity contribution in [3.63, 3.8) is 0 Å². The van der Waals surface area contributed by atoms with Crippen LogP contribution in [-0.4, -0.2) is 30.1 Å². The number of hydrogen-bond donors (Lipinski definition) is 2. The molecule has 0 bridgehead atoms. The third kappa shape index (κ3) is 4.99. The summed E-state index contributed by atoms with van der Waals surface area (Å²) < 4.78 is 5.32. The maximum absolute atomic E-state index is 11.4. The van der Waals surface area contributed by atoms with Gasteiger partial charge >= 0.3 is 5.97 Å². The van der Waals surface area contributed by atoms with Crippen molar-refractivity contribution in [1.29, 1.82) is 0 Å². The number of hydrogen-bond acceptors (Lipinski definition) is 3. The Kier molecular flexibility index (Phi) is 4.39. The lowest BCUT2D eigenvalue weighted by Gasteiger charge is -2.07. The number of aliphatic carboxylic acids is 1. The van der Waals surface area contributed by atoms with E-state index < -0.39 is 5.97 Å². The second kappa shape index (κ2) is 6.22. The normalized spacial score (nSPS) is 13.9. The standard InChI is InChI=1S/C14H17NO4/c16-13(15-8-11-1-2-11)9-19-12-5-3-10(4-6-12)7-14(17)18/h3-6,11H,1-2,7-9H2,(H,15,16)(H,17,18). The largest absolute Gasteiger partial charge is 0.484 e. The van der Waals surface area contributed by atoms with Crippen LogP contribution in [0.25, 0.3) is 0 Å². The van der Waals surface area contributed by atoms with Gasteiger partial charge in [-0.3, -0.25) is 9.59 Å². The number of ether oxygens (including phenoxy) is 1. The van der Waals surface area contributed by atoms with Crippen molar-refractivity contribution in [1.82, 2.24) is 5.32 Å². The molecule has 0 saturated heterocycles. The van der Waals surface area contributed by atoms with E-state index in [0.717, 1.165) is 6.54 Å². The molecule has 0 aliphatic heterocycles. The molecule has 1 aliphatic carbocycles. The number of nitrogens with one attached hydrogen (secondary N) is 1. The molecule has 0 unspecified atom stereocenters. The SMILES string of the molecule is O=C(O)Cc1ccc(OCC(=O)NCC2CC2)cc1. The fraction of sp³-hybridized carbons (Fsp3) is 0.429. The number of carboxylic acid groups (broad SMARTS) is 1. The van der Waals surface area contributed by atoms with Crippen LogP contribution in [-0.2, 0) is 16.0 Å². The molecule has 102 valence electrons. The minimum Gasteiger partial charge on any atom is -0.484 e. The minimum absolute atomic E-state index is 0.00893. The summed E-state index contributed by atoms with van der Waals surface area (Å²) in [5, 5.41) is 11.4. The van der Waals surface area contributed by atoms with Crippen LogP contribution >= 0.6 is 0 Å². The topological polar surface area (TPSA) is 75.6 Å². The number of benzene rings is 1. The van der Waals surface area contributed by atoms with Gasteiger partial charge in [-0.15, -0.1) is 0 Å². The summed E-state index contributed by atoms with van der Waals surface area (Å²) >= 11 is 0. The van der Waals surface area contributed by atoms with Crippen molar-refractivity contribution >= 4 is 11.9 Å². The van der Waals surface area contributed by atoms with Gasteiger partial charge in [0.1, 0.15) is 5.75 Å². The number of amides is 1. The highest BCUT2D eigenvalue weighted by Crippen LogP contribution is 2.27. The first kappa shape index (κ1) is 13.4. The molecule has 1 amide bonds. The van der Waals surface area contributed by atoms with Crippen LogP contribution in [0.3, 0.4) is 0 Å². The van der Waals surface area contributed by atoms with Crippen molar-refractivity contribution in [2.75, 3.05) is 13.2 Å². The average molecular weight is 263 g/mol. The Morgan fingerprint density at radius 2 is 1.95 bits per heavy atom. The molecule has 0 radical (unpaired) electrons. The van der Waals surface area contributed by atoms with E-state index in [9.17, 15) is 9.59 Å². The maximum atomic E-state index is 11.4. The molecule has 5 nitrogen and oxygen atoms in total. The van der Waals surface area contributed by atoms with Gasteiger partial charge in [0.2, 0.25) is 0 Å². The summed E-state index contributed by atoms with van der Waals surface area (Å²) in [5.74, 6) is 0.226.